The third-order valence-electron chi connectivity index (χ3n) is 4.28. The van der Waals surface area contributed by atoms with Gasteiger partial charge in [0.15, 0.2) is 5.13 Å². The van der Waals surface area contributed by atoms with Gasteiger partial charge in [-0.3, -0.25) is 9.59 Å². The van der Waals surface area contributed by atoms with E-state index in [9.17, 15) is 9.59 Å². The number of carbonyl (C=O) groups excluding carboxylic acids is 2. The molecule has 1 heterocycles. The second-order valence-electron chi connectivity index (χ2n) is 6.44. The maximum Gasteiger partial charge on any atom is 0.310 e. The van der Waals surface area contributed by atoms with E-state index in [-0.39, 0.29) is 18.3 Å². The number of methoxy groups -OCH3 is 1. The fraction of sp³-hybridized carbons (Fsp3) is 0.227. The Bertz CT molecular complexity index is 950. The number of aryl methyl sites for hydroxylation is 2. The SMILES string of the molecule is COC(=O)Cc1sc(NC(=O)CCc2ccc(C)cc2)nc1-c1ccccc1. The van der Waals surface area contributed by atoms with Crippen molar-refractivity contribution in [3.63, 3.8) is 0 Å². The maximum absolute atomic E-state index is 12.4. The van der Waals surface area contributed by atoms with Crippen molar-refractivity contribution in [2.45, 2.75) is 26.2 Å². The minimum absolute atomic E-state index is 0.0986. The van der Waals surface area contributed by atoms with Gasteiger partial charge in [-0.2, -0.15) is 0 Å². The van der Waals surface area contributed by atoms with Crippen LogP contribution < -0.4 is 5.32 Å². The number of hydrogen-bond donors (Lipinski definition) is 1. The standard InChI is InChI=1S/C22H22N2O3S/c1-15-8-10-16(11-9-15)12-13-19(25)23-22-24-21(17-6-4-3-5-7-17)18(28-22)14-20(26)27-2/h3-11H,12-14H2,1-2H3,(H,23,24,25). The average molecular weight is 394 g/mol. The fourth-order valence-corrected chi connectivity index (χ4v) is 3.73. The summed E-state index contributed by atoms with van der Waals surface area (Å²) in [6, 6.07) is 17.8. The topological polar surface area (TPSA) is 68.3 Å². The van der Waals surface area contributed by atoms with Crippen molar-refractivity contribution in [3.8, 4) is 11.3 Å². The first-order valence-electron chi connectivity index (χ1n) is 9.02. The number of anilines is 1. The highest BCUT2D eigenvalue weighted by molar-refractivity contribution is 7.16. The lowest BCUT2D eigenvalue weighted by atomic mass is 10.1. The van der Waals surface area contributed by atoms with Gasteiger partial charge in [-0.1, -0.05) is 60.2 Å². The van der Waals surface area contributed by atoms with E-state index >= 15 is 0 Å². The number of esters is 1. The van der Waals surface area contributed by atoms with Gasteiger partial charge in [0.1, 0.15) is 0 Å². The third-order valence-corrected chi connectivity index (χ3v) is 5.26. The molecule has 0 radical (unpaired) electrons. The van der Waals surface area contributed by atoms with Gasteiger partial charge in [-0.05, 0) is 18.9 Å². The van der Waals surface area contributed by atoms with E-state index in [1.807, 2.05) is 61.5 Å². The number of aromatic nitrogens is 1. The Morgan fingerprint density at radius 1 is 1.07 bits per heavy atom. The van der Waals surface area contributed by atoms with Crippen LogP contribution >= 0.6 is 11.3 Å². The van der Waals surface area contributed by atoms with Crippen LogP contribution in [0.25, 0.3) is 11.3 Å². The fourth-order valence-electron chi connectivity index (χ4n) is 2.74. The van der Waals surface area contributed by atoms with Crippen LogP contribution in [-0.4, -0.2) is 24.0 Å². The number of nitrogens with one attached hydrogen (secondary N) is 1. The Morgan fingerprint density at radius 2 is 1.79 bits per heavy atom. The molecule has 5 nitrogen and oxygen atoms in total. The minimum Gasteiger partial charge on any atom is -0.469 e. The first-order chi connectivity index (χ1) is 13.5. The molecule has 1 aromatic heterocycles. The molecule has 0 aliphatic rings. The molecule has 0 unspecified atom stereocenters. The molecule has 1 N–H and O–H groups in total. The lowest BCUT2D eigenvalue weighted by molar-refractivity contribution is -0.139. The minimum atomic E-state index is -0.335. The van der Waals surface area contributed by atoms with Crippen LogP contribution in [0.4, 0.5) is 5.13 Å². The average Bonchev–Trinajstić information content (AvgIpc) is 3.10. The zero-order valence-corrected chi connectivity index (χ0v) is 16.7. The number of thiazole rings is 1. The number of rotatable bonds is 7. The first kappa shape index (κ1) is 19.8. The van der Waals surface area contributed by atoms with E-state index in [0.717, 1.165) is 16.0 Å². The predicted molar refractivity (Wildman–Crippen MR) is 111 cm³/mol. The molecule has 28 heavy (non-hydrogen) atoms. The summed E-state index contributed by atoms with van der Waals surface area (Å²) in [5.41, 5.74) is 3.92. The summed E-state index contributed by atoms with van der Waals surface area (Å²) in [5, 5.41) is 3.35. The largest absolute Gasteiger partial charge is 0.469 e. The highest BCUT2D eigenvalue weighted by Crippen LogP contribution is 2.31. The molecule has 2 aromatic carbocycles. The Hall–Kier alpha value is -2.99. The summed E-state index contributed by atoms with van der Waals surface area (Å²) < 4.78 is 4.78. The molecular weight excluding hydrogens is 372 g/mol. The quantitative estimate of drug-likeness (QED) is 0.603. The molecule has 6 heteroatoms. The molecule has 144 valence electrons. The van der Waals surface area contributed by atoms with Crippen LogP contribution in [0.2, 0.25) is 0 Å². The van der Waals surface area contributed by atoms with Gasteiger partial charge < -0.3 is 10.1 Å². The molecule has 0 saturated carbocycles. The summed E-state index contributed by atoms with van der Waals surface area (Å²) in [5.74, 6) is -0.434. The summed E-state index contributed by atoms with van der Waals surface area (Å²) in [6.07, 6.45) is 1.16. The van der Waals surface area contributed by atoms with Crippen LogP contribution in [-0.2, 0) is 27.2 Å². The summed E-state index contributed by atoms with van der Waals surface area (Å²) in [4.78, 5) is 29.4. The number of carbonyl (C=O) groups is 2. The van der Waals surface area contributed by atoms with Crippen molar-refractivity contribution in [2.24, 2.45) is 0 Å². The van der Waals surface area contributed by atoms with Crippen molar-refractivity contribution in [1.82, 2.24) is 4.98 Å². The summed E-state index contributed by atoms with van der Waals surface area (Å²) >= 11 is 1.31. The van der Waals surface area contributed by atoms with E-state index in [1.54, 1.807) is 0 Å². The van der Waals surface area contributed by atoms with E-state index in [1.165, 1.54) is 24.0 Å². The zero-order valence-electron chi connectivity index (χ0n) is 15.9. The smallest absolute Gasteiger partial charge is 0.310 e. The normalized spacial score (nSPS) is 10.5. The lowest BCUT2D eigenvalue weighted by Crippen LogP contribution is -2.12. The molecular formula is C22H22N2O3S. The molecule has 0 aliphatic heterocycles. The Labute approximate surface area is 168 Å². The molecule has 3 rings (SSSR count). The molecule has 0 saturated heterocycles. The van der Waals surface area contributed by atoms with E-state index in [4.69, 9.17) is 4.74 Å². The van der Waals surface area contributed by atoms with Gasteiger partial charge in [0, 0.05) is 16.9 Å². The van der Waals surface area contributed by atoms with Crippen LogP contribution in [0.15, 0.2) is 54.6 Å². The van der Waals surface area contributed by atoms with Crippen LogP contribution in [0.1, 0.15) is 22.4 Å². The first-order valence-corrected chi connectivity index (χ1v) is 9.84. The highest BCUT2D eigenvalue weighted by Gasteiger charge is 2.17. The van der Waals surface area contributed by atoms with Gasteiger partial charge in [0.05, 0.1) is 19.2 Å². The maximum atomic E-state index is 12.4. The summed E-state index contributed by atoms with van der Waals surface area (Å²) in [6.45, 7) is 2.04. The molecule has 0 fully saturated rings. The monoisotopic (exact) mass is 394 g/mol. The van der Waals surface area contributed by atoms with E-state index < -0.39 is 0 Å². The van der Waals surface area contributed by atoms with Crippen molar-refractivity contribution in [1.29, 1.82) is 0 Å². The van der Waals surface area contributed by atoms with Gasteiger partial charge in [-0.15, -0.1) is 11.3 Å². The number of hydrogen-bond acceptors (Lipinski definition) is 5. The van der Waals surface area contributed by atoms with Crippen molar-refractivity contribution in [3.05, 3.63) is 70.6 Å². The van der Waals surface area contributed by atoms with Crippen molar-refractivity contribution in [2.75, 3.05) is 12.4 Å². The predicted octanol–water partition coefficient (Wildman–Crippen LogP) is 4.41. The number of nitrogens with zero attached hydrogens (tertiary/aromatic N) is 1. The van der Waals surface area contributed by atoms with Crippen LogP contribution in [0, 0.1) is 6.92 Å². The number of amides is 1. The molecule has 0 bridgehead atoms. The van der Waals surface area contributed by atoms with Crippen LogP contribution in [0.3, 0.4) is 0 Å². The Kier molecular flexibility index (Phi) is 6.55. The lowest BCUT2D eigenvalue weighted by Gasteiger charge is -2.03. The molecule has 1 amide bonds. The Morgan fingerprint density at radius 3 is 2.46 bits per heavy atom. The Balaban J connectivity index is 1.71. The second-order valence-corrected chi connectivity index (χ2v) is 7.53. The van der Waals surface area contributed by atoms with E-state index in [2.05, 4.69) is 10.3 Å². The van der Waals surface area contributed by atoms with E-state index in [0.29, 0.717) is 23.7 Å². The van der Waals surface area contributed by atoms with Gasteiger partial charge in [0.25, 0.3) is 0 Å². The number of benzene rings is 2. The molecule has 0 atom stereocenters. The van der Waals surface area contributed by atoms with Crippen molar-refractivity contribution >= 4 is 28.3 Å². The second kappa shape index (κ2) is 9.28. The molecule has 0 aliphatic carbocycles. The number of ether oxygens (including phenoxy) is 1. The van der Waals surface area contributed by atoms with Gasteiger partial charge in [-0.25, -0.2) is 4.98 Å². The van der Waals surface area contributed by atoms with Crippen molar-refractivity contribution < 1.29 is 14.3 Å². The molecule has 3 aromatic rings. The van der Waals surface area contributed by atoms with Gasteiger partial charge in [0.2, 0.25) is 5.91 Å². The molecule has 0 spiro atoms. The van der Waals surface area contributed by atoms with Crippen LogP contribution in [0.5, 0.6) is 0 Å². The van der Waals surface area contributed by atoms with Gasteiger partial charge >= 0.3 is 5.97 Å². The zero-order chi connectivity index (χ0) is 19.9. The third kappa shape index (κ3) is 5.27. The highest BCUT2D eigenvalue weighted by atomic mass is 32.1. The summed E-state index contributed by atoms with van der Waals surface area (Å²) in [7, 11) is 1.36.